The number of halogens is 1. The molecule has 0 radical (unpaired) electrons. The van der Waals surface area contributed by atoms with Crippen LogP contribution in [0.25, 0.3) is 17.3 Å². The summed E-state index contributed by atoms with van der Waals surface area (Å²) in [5, 5.41) is 15.5. The Labute approximate surface area is 152 Å². The molecule has 0 amide bonds. The summed E-state index contributed by atoms with van der Waals surface area (Å²) in [5.74, 6) is 1.81. The Bertz CT molecular complexity index is 814. The smallest absolute Gasteiger partial charge is 0.280 e. The molecule has 1 unspecified atom stereocenters. The van der Waals surface area contributed by atoms with Gasteiger partial charge in [0.05, 0.1) is 18.5 Å². The van der Waals surface area contributed by atoms with Crippen LogP contribution < -0.4 is 10.1 Å². The highest BCUT2D eigenvalue weighted by Crippen LogP contribution is 2.22. The Morgan fingerprint density at radius 2 is 2.00 bits per heavy atom. The summed E-state index contributed by atoms with van der Waals surface area (Å²) in [6.07, 6.45) is 0.686. The van der Waals surface area contributed by atoms with Crippen LogP contribution in [0.5, 0.6) is 5.75 Å². The Morgan fingerprint density at radius 3 is 2.64 bits per heavy atom. The third kappa shape index (κ3) is 3.97. The fraction of sp³-hybridized carbons (Fsp3) is 0.375. The van der Waals surface area contributed by atoms with Crippen LogP contribution in [-0.4, -0.2) is 45.3 Å². The number of nitrogens with one attached hydrogen (secondary N) is 1. The van der Waals surface area contributed by atoms with E-state index in [1.807, 2.05) is 38.2 Å². The summed E-state index contributed by atoms with van der Waals surface area (Å²) in [5.41, 5.74) is 2.30. The first-order valence-electron chi connectivity index (χ1n) is 7.69. The van der Waals surface area contributed by atoms with Crippen molar-refractivity contribution in [2.75, 3.05) is 14.2 Å². The van der Waals surface area contributed by atoms with Gasteiger partial charge in [-0.25, -0.2) is 4.68 Å². The van der Waals surface area contributed by atoms with Crippen molar-refractivity contribution in [3.05, 3.63) is 35.8 Å². The Balaban J connectivity index is 0.00000225. The molecule has 9 heteroatoms. The van der Waals surface area contributed by atoms with Crippen LogP contribution in [-0.2, 0) is 6.42 Å². The molecule has 0 saturated carbocycles. The lowest BCUT2D eigenvalue weighted by atomic mass is 10.2. The number of nitrogens with zero attached hydrogens (tertiary/aromatic N) is 5. The molecule has 1 atom stereocenters. The van der Waals surface area contributed by atoms with E-state index in [1.165, 1.54) is 0 Å². The van der Waals surface area contributed by atoms with Gasteiger partial charge < -0.3 is 14.6 Å². The van der Waals surface area contributed by atoms with E-state index in [4.69, 9.17) is 9.26 Å². The average Bonchev–Trinajstić information content (AvgIpc) is 3.21. The van der Waals surface area contributed by atoms with Crippen molar-refractivity contribution in [3.8, 4) is 23.0 Å². The minimum absolute atomic E-state index is 0. The van der Waals surface area contributed by atoms with Gasteiger partial charge in [-0.15, -0.1) is 17.5 Å². The van der Waals surface area contributed by atoms with E-state index in [0.29, 0.717) is 23.8 Å². The summed E-state index contributed by atoms with van der Waals surface area (Å²) in [6.45, 7) is 3.97. The van der Waals surface area contributed by atoms with Gasteiger partial charge in [0.2, 0.25) is 0 Å². The van der Waals surface area contributed by atoms with Crippen molar-refractivity contribution in [2.24, 2.45) is 0 Å². The van der Waals surface area contributed by atoms with Gasteiger partial charge in [-0.2, -0.15) is 4.98 Å². The van der Waals surface area contributed by atoms with Crippen molar-refractivity contribution in [3.63, 3.8) is 0 Å². The van der Waals surface area contributed by atoms with Crippen LogP contribution in [0, 0.1) is 6.92 Å². The molecule has 0 saturated heterocycles. The number of methoxy groups -OCH3 is 1. The molecule has 134 valence electrons. The van der Waals surface area contributed by atoms with E-state index >= 15 is 0 Å². The van der Waals surface area contributed by atoms with Gasteiger partial charge in [0.15, 0.2) is 11.5 Å². The lowest BCUT2D eigenvalue weighted by Gasteiger charge is -2.05. The Morgan fingerprint density at radius 1 is 1.28 bits per heavy atom. The minimum atomic E-state index is 0. The van der Waals surface area contributed by atoms with Crippen molar-refractivity contribution >= 4 is 12.4 Å². The molecule has 25 heavy (non-hydrogen) atoms. The zero-order valence-corrected chi connectivity index (χ0v) is 15.4. The summed E-state index contributed by atoms with van der Waals surface area (Å²) in [6, 6.07) is 7.85. The molecule has 0 aliphatic rings. The number of likely N-dealkylation sites (N-methyl/N-ethyl adjacent to an activating group) is 1. The third-order valence-corrected chi connectivity index (χ3v) is 3.86. The first-order chi connectivity index (χ1) is 11.6. The van der Waals surface area contributed by atoms with Crippen LogP contribution >= 0.6 is 12.4 Å². The first kappa shape index (κ1) is 18.9. The molecule has 0 bridgehead atoms. The van der Waals surface area contributed by atoms with E-state index in [1.54, 1.807) is 11.8 Å². The standard InChI is InChI=1S/C16H20N6O2.ClH/c1-10(17-3)9-14-18-16(24-20-14)15-11(2)22(21-19-15)12-5-7-13(23-4)8-6-12;/h5-8,10,17H,9H2,1-4H3;1H. The van der Waals surface area contributed by atoms with Gasteiger partial charge in [-0.05, 0) is 45.2 Å². The van der Waals surface area contributed by atoms with Crippen LogP contribution in [0.4, 0.5) is 0 Å². The van der Waals surface area contributed by atoms with Crippen molar-refractivity contribution in [2.45, 2.75) is 26.3 Å². The molecule has 0 aliphatic carbocycles. The van der Waals surface area contributed by atoms with Gasteiger partial charge in [0, 0.05) is 12.5 Å². The molecule has 2 heterocycles. The van der Waals surface area contributed by atoms with Crippen LogP contribution in [0.1, 0.15) is 18.4 Å². The van der Waals surface area contributed by atoms with Crippen molar-refractivity contribution < 1.29 is 9.26 Å². The maximum atomic E-state index is 5.34. The van der Waals surface area contributed by atoms with Gasteiger partial charge >= 0.3 is 0 Å². The summed E-state index contributed by atoms with van der Waals surface area (Å²) in [7, 11) is 3.53. The van der Waals surface area contributed by atoms with E-state index < -0.39 is 0 Å². The molecular formula is C16H21ClN6O2. The molecule has 2 aromatic heterocycles. The fourth-order valence-electron chi connectivity index (χ4n) is 2.30. The number of rotatable bonds is 6. The monoisotopic (exact) mass is 364 g/mol. The largest absolute Gasteiger partial charge is 0.497 e. The predicted molar refractivity (Wildman–Crippen MR) is 95.4 cm³/mol. The first-order valence-corrected chi connectivity index (χ1v) is 7.69. The van der Waals surface area contributed by atoms with Gasteiger partial charge in [0.1, 0.15) is 5.75 Å². The van der Waals surface area contributed by atoms with E-state index in [-0.39, 0.29) is 18.4 Å². The summed E-state index contributed by atoms with van der Waals surface area (Å²) < 4.78 is 12.2. The van der Waals surface area contributed by atoms with E-state index in [9.17, 15) is 0 Å². The number of ether oxygens (including phenoxy) is 1. The molecule has 1 N–H and O–H groups in total. The number of aromatic nitrogens is 5. The fourth-order valence-corrected chi connectivity index (χ4v) is 2.30. The molecule has 3 rings (SSSR count). The second-order valence-corrected chi connectivity index (χ2v) is 5.54. The predicted octanol–water partition coefficient (Wildman–Crippen LogP) is 2.21. The summed E-state index contributed by atoms with van der Waals surface area (Å²) >= 11 is 0. The zero-order chi connectivity index (χ0) is 17.1. The second kappa shape index (κ2) is 8.09. The molecule has 0 fully saturated rings. The third-order valence-electron chi connectivity index (χ3n) is 3.86. The van der Waals surface area contributed by atoms with Crippen molar-refractivity contribution in [1.29, 1.82) is 0 Å². The lowest BCUT2D eigenvalue weighted by Crippen LogP contribution is -2.24. The quantitative estimate of drug-likeness (QED) is 0.716. The highest BCUT2D eigenvalue weighted by molar-refractivity contribution is 5.85. The van der Waals surface area contributed by atoms with Crippen LogP contribution in [0.3, 0.4) is 0 Å². The molecule has 0 spiro atoms. The zero-order valence-electron chi connectivity index (χ0n) is 14.6. The Hall–Kier alpha value is -2.45. The number of benzene rings is 1. The minimum Gasteiger partial charge on any atom is -0.497 e. The second-order valence-electron chi connectivity index (χ2n) is 5.54. The van der Waals surface area contributed by atoms with E-state index in [2.05, 4.69) is 32.7 Å². The number of hydrogen-bond donors (Lipinski definition) is 1. The van der Waals surface area contributed by atoms with E-state index in [0.717, 1.165) is 17.1 Å². The van der Waals surface area contributed by atoms with Gasteiger partial charge in [-0.3, -0.25) is 0 Å². The highest BCUT2D eigenvalue weighted by atomic mass is 35.5. The molecule has 1 aromatic carbocycles. The summed E-state index contributed by atoms with van der Waals surface area (Å²) in [4.78, 5) is 4.41. The Kier molecular flexibility index (Phi) is 6.11. The average molecular weight is 365 g/mol. The molecule has 8 nitrogen and oxygen atoms in total. The molecular weight excluding hydrogens is 344 g/mol. The molecule has 3 aromatic rings. The normalized spacial score (nSPS) is 11.8. The maximum absolute atomic E-state index is 5.34. The van der Waals surface area contributed by atoms with Gasteiger partial charge in [0.25, 0.3) is 5.89 Å². The van der Waals surface area contributed by atoms with Gasteiger partial charge in [-0.1, -0.05) is 10.4 Å². The van der Waals surface area contributed by atoms with Crippen LogP contribution in [0.15, 0.2) is 28.8 Å². The maximum Gasteiger partial charge on any atom is 0.280 e. The highest BCUT2D eigenvalue weighted by Gasteiger charge is 2.19. The molecule has 0 aliphatic heterocycles. The van der Waals surface area contributed by atoms with Crippen LogP contribution in [0.2, 0.25) is 0 Å². The number of hydrogen-bond acceptors (Lipinski definition) is 7. The SMILES string of the molecule is CNC(C)Cc1noc(-c2nnn(-c3ccc(OC)cc3)c2C)n1.Cl. The topological polar surface area (TPSA) is 90.9 Å². The van der Waals surface area contributed by atoms with Crippen molar-refractivity contribution in [1.82, 2.24) is 30.5 Å². The lowest BCUT2D eigenvalue weighted by molar-refractivity contribution is 0.414.